The van der Waals surface area contributed by atoms with Crippen molar-refractivity contribution in [2.24, 2.45) is 11.3 Å². The van der Waals surface area contributed by atoms with E-state index in [2.05, 4.69) is 5.32 Å². The summed E-state index contributed by atoms with van der Waals surface area (Å²) in [7, 11) is 0. The molecule has 0 aromatic heterocycles. The Hall–Kier alpha value is -1.82. The maximum absolute atomic E-state index is 13.1. The molecule has 3 rings (SSSR count). The summed E-state index contributed by atoms with van der Waals surface area (Å²) in [6, 6.07) is 3.34. The summed E-state index contributed by atoms with van der Waals surface area (Å²) < 4.78 is 13.1. The van der Waals surface area contributed by atoms with Crippen molar-refractivity contribution in [3.63, 3.8) is 0 Å². The van der Waals surface area contributed by atoms with Crippen molar-refractivity contribution in [2.75, 3.05) is 13.1 Å². The van der Waals surface area contributed by atoms with Gasteiger partial charge in [-0.15, -0.1) is 0 Å². The highest BCUT2D eigenvalue weighted by Crippen LogP contribution is 2.48. The van der Waals surface area contributed by atoms with E-state index >= 15 is 0 Å². The molecule has 1 unspecified atom stereocenters. The van der Waals surface area contributed by atoms with Gasteiger partial charge in [-0.05, 0) is 43.4 Å². The summed E-state index contributed by atoms with van der Waals surface area (Å²) in [5.41, 5.74) is -0.174. The van der Waals surface area contributed by atoms with E-state index in [1.807, 2.05) is 0 Å². The first kappa shape index (κ1) is 17.0. The van der Waals surface area contributed by atoms with Crippen molar-refractivity contribution >= 4 is 23.6 Å². The predicted octanol–water partition coefficient (Wildman–Crippen LogP) is 3.44. The van der Waals surface area contributed by atoms with Gasteiger partial charge in [0, 0.05) is 18.1 Å². The first-order chi connectivity index (χ1) is 11.3. The third-order valence-electron chi connectivity index (χ3n) is 5.35. The molecule has 0 bridgehead atoms. The predicted molar refractivity (Wildman–Crippen MR) is 87.3 cm³/mol. The van der Waals surface area contributed by atoms with Gasteiger partial charge in [0.05, 0.1) is 11.5 Å². The lowest BCUT2D eigenvalue weighted by Gasteiger charge is -2.25. The Morgan fingerprint density at radius 3 is 2.88 bits per heavy atom. The minimum Gasteiger partial charge on any atom is -0.481 e. The number of carboxylic acids is 1. The Labute approximate surface area is 144 Å². The molecule has 1 aliphatic carbocycles. The molecule has 1 saturated heterocycles. The van der Waals surface area contributed by atoms with Crippen molar-refractivity contribution in [3.05, 3.63) is 34.6 Å². The third-order valence-corrected chi connectivity index (χ3v) is 5.68. The molecule has 1 aliphatic heterocycles. The number of aliphatic carboxylic acids is 1. The molecule has 2 N–H and O–H groups in total. The highest BCUT2D eigenvalue weighted by molar-refractivity contribution is 6.31. The summed E-state index contributed by atoms with van der Waals surface area (Å²) in [5.74, 6) is -1.22. The summed E-state index contributed by atoms with van der Waals surface area (Å²) in [4.78, 5) is 25.8. The number of urea groups is 1. The second-order valence-corrected chi connectivity index (χ2v) is 7.18. The molecule has 2 amide bonds. The van der Waals surface area contributed by atoms with Gasteiger partial charge in [0.2, 0.25) is 0 Å². The molecule has 2 aliphatic rings. The van der Waals surface area contributed by atoms with Gasteiger partial charge in [0.25, 0.3) is 0 Å². The zero-order valence-electron chi connectivity index (χ0n) is 13.4. The molecule has 130 valence electrons. The van der Waals surface area contributed by atoms with Crippen LogP contribution >= 0.6 is 11.6 Å². The van der Waals surface area contributed by atoms with Gasteiger partial charge in [-0.3, -0.25) is 4.79 Å². The number of likely N-dealkylation sites (tertiary alicyclic amines) is 1. The highest BCUT2D eigenvalue weighted by Gasteiger charge is 2.55. The van der Waals surface area contributed by atoms with E-state index in [9.17, 15) is 19.1 Å². The summed E-state index contributed by atoms with van der Waals surface area (Å²) in [5, 5.41) is 12.7. The first-order valence-corrected chi connectivity index (χ1v) is 8.45. The smallest absolute Gasteiger partial charge is 0.317 e. The van der Waals surface area contributed by atoms with E-state index < -0.39 is 23.2 Å². The van der Waals surface area contributed by atoms with Gasteiger partial charge in [-0.1, -0.05) is 24.1 Å². The first-order valence-electron chi connectivity index (χ1n) is 8.07. The number of amides is 2. The minimum absolute atomic E-state index is 0.0189. The Bertz CT molecular complexity index is 684. The lowest BCUT2D eigenvalue weighted by molar-refractivity contribution is -0.149. The highest BCUT2D eigenvalue weighted by atomic mass is 35.5. The topological polar surface area (TPSA) is 69.6 Å². The molecule has 3 atom stereocenters. The van der Waals surface area contributed by atoms with Crippen LogP contribution in [0.25, 0.3) is 0 Å². The number of nitrogens with one attached hydrogen (secondary N) is 1. The molecule has 1 aromatic carbocycles. The number of benzene rings is 1. The Morgan fingerprint density at radius 2 is 2.25 bits per heavy atom. The fourth-order valence-electron chi connectivity index (χ4n) is 4.00. The number of carbonyl (C=O) groups is 2. The Kier molecular flexibility index (Phi) is 4.42. The van der Waals surface area contributed by atoms with E-state index in [4.69, 9.17) is 11.6 Å². The SMILES string of the molecule is CC(NC(=O)N1C[C@@H]2CCC[C@@]2(C(=O)O)C1)c1ccc(F)cc1Cl. The van der Waals surface area contributed by atoms with Gasteiger partial charge < -0.3 is 15.3 Å². The molecular weight excluding hydrogens is 335 g/mol. The average Bonchev–Trinajstić information content (AvgIpc) is 3.04. The van der Waals surface area contributed by atoms with Crippen LogP contribution in [-0.2, 0) is 4.79 Å². The van der Waals surface area contributed by atoms with Crippen LogP contribution in [0, 0.1) is 17.2 Å². The number of carbonyl (C=O) groups excluding carboxylic acids is 1. The van der Waals surface area contributed by atoms with Crippen molar-refractivity contribution in [1.82, 2.24) is 10.2 Å². The molecular formula is C17H20ClFN2O3. The second-order valence-electron chi connectivity index (χ2n) is 6.77. The maximum Gasteiger partial charge on any atom is 0.317 e. The monoisotopic (exact) mass is 354 g/mol. The number of halogens is 2. The van der Waals surface area contributed by atoms with Gasteiger partial charge in [-0.2, -0.15) is 0 Å². The molecule has 1 saturated carbocycles. The van der Waals surface area contributed by atoms with E-state index in [0.717, 1.165) is 12.8 Å². The normalized spacial score (nSPS) is 27.0. The molecule has 0 spiro atoms. The van der Waals surface area contributed by atoms with E-state index in [1.54, 1.807) is 17.9 Å². The quantitative estimate of drug-likeness (QED) is 0.873. The Morgan fingerprint density at radius 1 is 1.50 bits per heavy atom. The van der Waals surface area contributed by atoms with Gasteiger partial charge in [0.1, 0.15) is 5.82 Å². The van der Waals surface area contributed by atoms with Gasteiger partial charge in [-0.25, -0.2) is 9.18 Å². The van der Waals surface area contributed by atoms with Crippen LogP contribution in [0.5, 0.6) is 0 Å². The number of rotatable bonds is 3. The maximum atomic E-state index is 13.1. The lowest BCUT2D eigenvalue weighted by Crippen LogP contribution is -2.42. The van der Waals surface area contributed by atoms with Crippen LogP contribution in [0.2, 0.25) is 5.02 Å². The van der Waals surface area contributed by atoms with Crippen molar-refractivity contribution in [3.8, 4) is 0 Å². The van der Waals surface area contributed by atoms with Crippen molar-refractivity contribution < 1.29 is 19.1 Å². The van der Waals surface area contributed by atoms with Crippen molar-refractivity contribution in [1.29, 1.82) is 0 Å². The molecule has 5 nitrogen and oxygen atoms in total. The average molecular weight is 355 g/mol. The Balaban J connectivity index is 1.69. The molecule has 1 aromatic rings. The van der Waals surface area contributed by atoms with Crippen LogP contribution in [0.15, 0.2) is 18.2 Å². The van der Waals surface area contributed by atoms with Crippen LogP contribution in [0.3, 0.4) is 0 Å². The second kappa shape index (κ2) is 6.24. The van der Waals surface area contributed by atoms with E-state index in [0.29, 0.717) is 18.5 Å². The molecule has 7 heteroatoms. The number of hydrogen-bond donors (Lipinski definition) is 2. The number of fused-ring (bicyclic) bond motifs is 1. The van der Waals surface area contributed by atoms with Crippen LogP contribution < -0.4 is 5.32 Å². The number of carboxylic acid groups (broad SMARTS) is 1. The zero-order chi connectivity index (χ0) is 17.5. The van der Waals surface area contributed by atoms with E-state index in [-0.39, 0.29) is 23.5 Å². The summed E-state index contributed by atoms with van der Waals surface area (Å²) >= 11 is 6.03. The minimum atomic E-state index is -0.810. The largest absolute Gasteiger partial charge is 0.481 e. The molecule has 24 heavy (non-hydrogen) atoms. The molecule has 2 fully saturated rings. The van der Waals surface area contributed by atoms with Crippen LogP contribution in [-0.4, -0.2) is 35.1 Å². The lowest BCUT2D eigenvalue weighted by atomic mass is 9.81. The van der Waals surface area contributed by atoms with Crippen LogP contribution in [0.4, 0.5) is 9.18 Å². The van der Waals surface area contributed by atoms with Gasteiger partial charge >= 0.3 is 12.0 Å². The fraction of sp³-hybridized carbons (Fsp3) is 0.529. The third kappa shape index (κ3) is 2.83. The fourth-order valence-corrected chi connectivity index (χ4v) is 4.33. The van der Waals surface area contributed by atoms with E-state index in [1.165, 1.54) is 12.1 Å². The number of hydrogen-bond acceptors (Lipinski definition) is 2. The number of nitrogens with zero attached hydrogens (tertiary/aromatic N) is 1. The van der Waals surface area contributed by atoms with Gasteiger partial charge in [0.15, 0.2) is 0 Å². The van der Waals surface area contributed by atoms with Crippen LogP contribution in [0.1, 0.15) is 37.8 Å². The molecule has 1 heterocycles. The molecule has 0 radical (unpaired) electrons. The summed E-state index contributed by atoms with van der Waals surface area (Å²) in [6.45, 7) is 2.46. The van der Waals surface area contributed by atoms with Crippen molar-refractivity contribution in [2.45, 2.75) is 32.2 Å². The zero-order valence-corrected chi connectivity index (χ0v) is 14.1. The standard InChI is InChI=1S/C17H20ClFN2O3/c1-10(13-5-4-12(19)7-14(13)18)20-16(24)21-8-11-3-2-6-17(11,9-21)15(22)23/h4-5,7,10-11H,2-3,6,8-9H2,1H3,(H,20,24)(H,22,23)/t10?,11-,17+/m0/s1. The summed E-state index contributed by atoms with van der Waals surface area (Å²) in [6.07, 6.45) is 2.36.